The van der Waals surface area contributed by atoms with Crippen LogP contribution in [0.3, 0.4) is 0 Å². The zero-order valence-corrected chi connectivity index (χ0v) is 12.7. The highest BCUT2D eigenvalue weighted by Crippen LogP contribution is 2.17. The average Bonchev–Trinajstić information content (AvgIpc) is 2.84. The Bertz CT molecular complexity index is 286. The van der Waals surface area contributed by atoms with Crippen molar-refractivity contribution in [1.29, 1.82) is 0 Å². The molecule has 5 heteroatoms. The SMILES string of the molecule is CCCNC(C)(CN1CCC(OC)C1)C(=O)OCC. The summed E-state index contributed by atoms with van der Waals surface area (Å²) in [4.78, 5) is 14.4. The van der Waals surface area contributed by atoms with Crippen LogP contribution < -0.4 is 5.32 Å². The molecule has 2 unspecified atom stereocenters. The highest BCUT2D eigenvalue weighted by molar-refractivity contribution is 5.80. The maximum atomic E-state index is 12.2. The van der Waals surface area contributed by atoms with Crippen LogP contribution in [0.15, 0.2) is 0 Å². The number of methoxy groups -OCH3 is 1. The summed E-state index contributed by atoms with van der Waals surface area (Å²) in [7, 11) is 1.74. The summed E-state index contributed by atoms with van der Waals surface area (Å²) in [6, 6.07) is 0. The first kappa shape index (κ1) is 16.4. The molecule has 1 heterocycles. The van der Waals surface area contributed by atoms with E-state index in [1.54, 1.807) is 7.11 Å². The van der Waals surface area contributed by atoms with Gasteiger partial charge in [0.15, 0.2) is 0 Å². The van der Waals surface area contributed by atoms with Crippen molar-refractivity contribution in [2.75, 3.05) is 39.9 Å². The first-order chi connectivity index (χ1) is 9.05. The molecule has 112 valence electrons. The molecule has 0 aliphatic carbocycles. The molecule has 1 aliphatic rings. The van der Waals surface area contributed by atoms with Crippen molar-refractivity contribution >= 4 is 5.97 Å². The van der Waals surface area contributed by atoms with Crippen LogP contribution in [0.25, 0.3) is 0 Å². The average molecular weight is 272 g/mol. The van der Waals surface area contributed by atoms with Crippen molar-refractivity contribution < 1.29 is 14.3 Å². The highest BCUT2D eigenvalue weighted by Gasteiger charge is 2.37. The van der Waals surface area contributed by atoms with Gasteiger partial charge in [0.1, 0.15) is 5.54 Å². The van der Waals surface area contributed by atoms with Gasteiger partial charge in [-0.2, -0.15) is 0 Å². The van der Waals surface area contributed by atoms with E-state index in [1.165, 1.54) is 0 Å². The first-order valence-electron chi connectivity index (χ1n) is 7.23. The molecule has 0 spiro atoms. The fourth-order valence-corrected chi connectivity index (χ4v) is 2.46. The Balaban J connectivity index is 2.60. The van der Waals surface area contributed by atoms with Gasteiger partial charge in [0.05, 0.1) is 12.7 Å². The number of hydrogen-bond donors (Lipinski definition) is 1. The first-order valence-corrected chi connectivity index (χ1v) is 7.23. The second-order valence-corrected chi connectivity index (χ2v) is 5.36. The number of ether oxygens (including phenoxy) is 2. The summed E-state index contributed by atoms with van der Waals surface area (Å²) < 4.78 is 10.6. The van der Waals surface area contributed by atoms with E-state index >= 15 is 0 Å². The quantitative estimate of drug-likeness (QED) is 0.669. The molecule has 1 aliphatic heterocycles. The minimum absolute atomic E-state index is 0.163. The second kappa shape index (κ2) is 7.82. The Kier molecular flexibility index (Phi) is 6.75. The van der Waals surface area contributed by atoms with E-state index in [0.717, 1.165) is 32.5 Å². The van der Waals surface area contributed by atoms with Gasteiger partial charge in [0, 0.05) is 26.7 Å². The maximum absolute atomic E-state index is 12.2. The van der Waals surface area contributed by atoms with Gasteiger partial charge in [0.25, 0.3) is 0 Å². The second-order valence-electron chi connectivity index (χ2n) is 5.36. The van der Waals surface area contributed by atoms with Gasteiger partial charge in [0.2, 0.25) is 0 Å². The standard InChI is InChI=1S/C14H28N2O3/c1-5-8-15-14(3,13(17)19-6-2)11-16-9-7-12(10-16)18-4/h12,15H,5-11H2,1-4H3. The van der Waals surface area contributed by atoms with E-state index in [0.29, 0.717) is 13.2 Å². The molecule has 0 aromatic rings. The molecule has 0 aromatic heterocycles. The molecule has 0 aromatic carbocycles. The van der Waals surface area contributed by atoms with E-state index in [2.05, 4.69) is 17.1 Å². The lowest BCUT2D eigenvalue weighted by molar-refractivity contribution is -0.151. The lowest BCUT2D eigenvalue weighted by Crippen LogP contribution is -2.57. The van der Waals surface area contributed by atoms with Crippen LogP contribution in [0.1, 0.15) is 33.6 Å². The number of likely N-dealkylation sites (tertiary alicyclic amines) is 1. The van der Waals surface area contributed by atoms with E-state index in [9.17, 15) is 4.79 Å². The monoisotopic (exact) mass is 272 g/mol. The Labute approximate surface area is 116 Å². The number of hydrogen-bond acceptors (Lipinski definition) is 5. The molecule has 1 rings (SSSR count). The number of carbonyl (C=O) groups is 1. The number of rotatable bonds is 8. The third-order valence-corrected chi connectivity index (χ3v) is 3.59. The summed E-state index contributed by atoms with van der Waals surface area (Å²) in [6.07, 6.45) is 2.32. The summed E-state index contributed by atoms with van der Waals surface area (Å²) in [5.74, 6) is -0.163. The van der Waals surface area contributed by atoms with Crippen molar-refractivity contribution in [3.05, 3.63) is 0 Å². The maximum Gasteiger partial charge on any atom is 0.327 e. The van der Waals surface area contributed by atoms with Gasteiger partial charge in [-0.25, -0.2) is 0 Å². The lowest BCUT2D eigenvalue weighted by atomic mass is 10.0. The van der Waals surface area contributed by atoms with Crippen LogP contribution in [-0.4, -0.2) is 62.4 Å². The molecule has 5 nitrogen and oxygen atoms in total. The zero-order chi connectivity index (χ0) is 14.3. The van der Waals surface area contributed by atoms with Crippen LogP contribution >= 0.6 is 0 Å². The number of nitrogens with one attached hydrogen (secondary N) is 1. The van der Waals surface area contributed by atoms with Crippen LogP contribution in [0.4, 0.5) is 0 Å². The molecule has 1 N–H and O–H groups in total. The van der Waals surface area contributed by atoms with Gasteiger partial charge < -0.3 is 14.8 Å². The molecule has 1 saturated heterocycles. The fraction of sp³-hybridized carbons (Fsp3) is 0.929. The van der Waals surface area contributed by atoms with Gasteiger partial charge in [-0.3, -0.25) is 9.69 Å². The van der Waals surface area contributed by atoms with Crippen LogP contribution in [-0.2, 0) is 14.3 Å². The van der Waals surface area contributed by atoms with Gasteiger partial charge >= 0.3 is 5.97 Å². The molecule has 19 heavy (non-hydrogen) atoms. The van der Waals surface area contributed by atoms with E-state index < -0.39 is 5.54 Å². The predicted octanol–water partition coefficient (Wildman–Crippen LogP) is 1.03. The van der Waals surface area contributed by atoms with E-state index in [1.807, 2.05) is 13.8 Å². The number of carbonyl (C=O) groups excluding carboxylic acids is 1. The Morgan fingerprint density at radius 3 is 2.74 bits per heavy atom. The molecule has 2 atom stereocenters. The minimum atomic E-state index is -0.630. The number of nitrogens with zero attached hydrogens (tertiary/aromatic N) is 1. The summed E-state index contributed by atoms with van der Waals surface area (Å²) in [6.45, 7) is 9.64. The van der Waals surface area contributed by atoms with Crippen LogP contribution in [0, 0.1) is 0 Å². The Morgan fingerprint density at radius 1 is 1.47 bits per heavy atom. The van der Waals surface area contributed by atoms with Crippen molar-refractivity contribution in [1.82, 2.24) is 10.2 Å². The molecule has 0 bridgehead atoms. The van der Waals surface area contributed by atoms with Crippen molar-refractivity contribution in [3.8, 4) is 0 Å². The van der Waals surface area contributed by atoms with Gasteiger partial charge in [-0.05, 0) is 33.2 Å². The molecular weight excluding hydrogens is 244 g/mol. The minimum Gasteiger partial charge on any atom is -0.465 e. The highest BCUT2D eigenvalue weighted by atomic mass is 16.5. The topological polar surface area (TPSA) is 50.8 Å². The smallest absolute Gasteiger partial charge is 0.327 e. The van der Waals surface area contributed by atoms with Crippen molar-refractivity contribution in [3.63, 3.8) is 0 Å². The van der Waals surface area contributed by atoms with Gasteiger partial charge in [-0.15, -0.1) is 0 Å². The molecule has 0 saturated carbocycles. The summed E-state index contributed by atoms with van der Waals surface area (Å²) >= 11 is 0. The summed E-state index contributed by atoms with van der Waals surface area (Å²) in [5, 5.41) is 3.33. The predicted molar refractivity (Wildman–Crippen MR) is 75.2 cm³/mol. The summed E-state index contributed by atoms with van der Waals surface area (Å²) in [5.41, 5.74) is -0.630. The van der Waals surface area contributed by atoms with Gasteiger partial charge in [-0.1, -0.05) is 6.92 Å². The van der Waals surface area contributed by atoms with Crippen molar-refractivity contribution in [2.45, 2.75) is 45.3 Å². The lowest BCUT2D eigenvalue weighted by Gasteiger charge is -2.32. The Hall–Kier alpha value is -0.650. The molecule has 1 fully saturated rings. The van der Waals surface area contributed by atoms with Crippen LogP contribution in [0.5, 0.6) is 0 Å². The normalized spacial score (nSPS) is 23.3. The van der Waals surface area contributed by atoms with E-state index in [4.69, 9.17) is 9.47 Å². The fourth-order valence-electron chi connectivity index (χ4n) is 2.46. The molecule has 0 radical (unpaired) electrons. The third-order valence-electron chi connectivity index (χ3n) is 3.59. The van der Waals surface area contributed by atoms with Crippen molar-refractivity contribution in [2.24, 2.45) is 0 Å². The Morgan fingerprint density at radius 2 is 2.21 bits per heavy atom. The largest absolute Gasteiger partial charge is 0.465 e. The third kappa shape index (κ3) is 4.75. The van der Waals surface area contributed by atoms with Crippen LogP contribution in [0.2, 0.25) is 0 Å². The zero-order valence-electron chi connectivity index (χ0n) is 12.7. The number of esters is 1. The molecular formula is C14H28N2O3. The molecule has 0 amide bonds. The van der Waals surface area contributed by atoms with E-state index in [-0.39, 0.29) is 12.1 Å².